The average Bonchev–Trinajstić information content (AvgIpc) is 2.75. The van der Waals surface area contributed by atoms with Gasteiger partial charge in [-0.3, -0.25) is 4.79 Å². The number of benzene rings is 3. The minimum atomic E-state index is -0.403. The third-order valence-corrected chi connectivity index (χ3v) is 5.05. The number of nitrogens with one attached hydrogen (secondary N) is 1. The lowest BCUT2D eigenvalue weighted by Crippen LogP contribution is -2.17. The number of halogens is 3. The van der Waals surface area contributed by atoms with E-state index in [1.165, 1.54) is 12.3 Å². The topological polar surface area (TPSA) is 59.9 Å². The number of amides is 1. The monoisotopic (exact) mass is 462 g/mol. The minimum Gasteiger partial charge on any atom is -0.493 e. The van der Waals surface area contributed by atoms with Crippen LogP contribution in [-0.4, -0.2) is 19.2 Å². The zero-order valence-electron chi connectivity index (χ0n) is 15.9. The summed E-state index contributed by atoms with van der Waals surface area (Å²) in [7, 11) is 1.55. The summed E-state index contributed by atoms with van der Waals surface area (Å²) < 4.78 is 11.2. The summed E-state index contributed by atoms with van der Waals surface area (Å²) in [5.41, 5.74) is 4.50. The van der Waals surface area contributed by atoms with Crippen molar-refractivity contribution in [3.63, 3.8) is 0 Å². The molecule has 0 spiro atoms. The number of hydrogen-bond acceptors (Lipinski definition) is 4. The molecule has 154 valence electrons. The van der Waals surface area contributed by atoms with Gasteiger partial charge in [-0.1, -0.05) is 46.9 Å². The van der Waals surface area contributed by atoms with Crippen molar-refractivity contribution in [3.8, 4) is 11.5 Å². The summed E-state index contributed by atoms with van der Waals surface area (Å²) in [6.07, 6.45) is 1.50. The molecule has 3 rings (SSSR count). The molecule has 5 nitrogen and oxygen atoms in total. The number of hydrogen-bond donors (Lipinski definition) is 1. The Morgan fingerprint density at radius 2 is 1.73 bits per heavy atom. The number of carbonyl (C=O) groups is 1. The summed E-state index contributed by atoms with van der Waals surface area (Å²) in [4.78, 5) is 12.1. The molecule has 0 saturated heterocycles. The Bertz CT molecular complexity index is 1070. The van der Waals surface area contributed by atoms with Crippen molar-refractivity contribution < 1.29 is 14.3 Å². The van der Waals surface area contributed by atoms with Crippen LogP contribution < -0.4 is 14.9 Å². The first-order chi connectivity index (χ1) is 14.5. The van der Waals surface area contributed by atoms with Crippen LogP contribution in [0.3, 0.4) is 0 Å². The number of methoxy groups -OCH3 is 1. The smallest absolute Gasteiger partial charge is 0.271 e. The predicted octanol–water partition coefficient (Wildman–Crippen LogP) is 6.00. The van der Waals surface area contributed by atoms with Gasteiger partial charge in [0, 0.05) is 10.6 Å². The molecule has 0 radical (unpaired) electrons. The van der Waals surface area contributed by atoms with Crippen LogP contribution in [0, 0.1) is 0 Å². The van der Waals surface area contributed by atoms with Crippen molar-refractivity contribution in [3.05, 3.63) is 92.4 Å². The van der Waals surface area contributed by atoms with Crippen molar-refractivity contribution in [2.75, 3.05) is 7.11 Å². The highest BCUT2D eigenvalue weighted by molar-refractivity contribution is 6.42. The van der Waals surface area contributed by atoms with Crippen molar-refractivity contribution in [2.45, 2.75) is 6.61 Å². The molecule has 0 aliphatic rings. The lowest BCUT2D eigenvalue weighted by Gasteiger charge is -2.11. The Balaban J connectivity index is 1.62. The van der Waals surface area contributed by atoms with Gasteiger partial charge in [0.2, 0.25) is 0 Å². The van der Waals surface area contributed by atoms with E-state index in [4.69, 9.17) is 44.3 Å². The Labute approximate surface area is 189 Å². The molecule has 0 fully saturated rings. The number of rotatable bonds is 7. The fraction of sp³-hybridized carbons (Fsp3) is 0.0909. The van der Waals surface area contributed by atoms with Gasteiger partial charge >= 0.3 is 0 Å². The molecule has 0 heterocycles. The highest BCUT2D eigenvalue weighted by atomic mass is 35.5. The van der Waals surface area contributed by atoms with Gasteiger partial charge in [-0.2, -0.15) is 5.10 Å². The van der Waals surface area contributed by atoms with E-state index >= 15 is 0 Å². The summed E-state index contributed by atoms with van der Waals surface area (Å²) in [5, 5.41) is 5.32. The predicted molar refractivity (Wildman–Crippen MR) is 120 cm³/mol. The molecular formula is C22H17Cl3N2O3. The van der Waals surface area contributed by atoms with Gasteiger partial charge in [0.05, 0.1) is 23.4 Å². The highest BCUT2D eigenvalue weighted by Crippen LogP contribution is 2.28. The van der Waals surface area contributed by atoms with E-state index in [1.54, 1.807) is 37.4 Å². The lowest BCUT2D eigenvalue weighted by atomic mass is 10.2. The maximum Gasteiger partial charge on any atom is 0.271 e. The van der Waals surface area contributed by atoms with E-state index in [1.807, 2.05) is 24.3 Å². The van der Waals surface area contributed by atoms with Crippen LogP contribution in [0.25, 0.3) is 0 Å². The lowest BCUT2D eigenvalue weighted by molar-refractivity contribution is 0.0955. The number of ether oxygens (including phenoxy) is 2. The van der Waals surface area contributed by atoms with Crippen molar-refractivity contribution in [2.24, 2.45) is 5.10 Å². The molecule has 0 aromatic heterocycles. The van der Waals surface area contributed by atoms with Gasteiger partial charge in [0.1, 0.15) is 6.61 Å². The van der Waals surface area contributed by atoms with E-state index in [-0.39, 0.29) is 0 Å². The maximum atomic E-state index is 12.1. The van der Waals surface area contributed by atoms with E-state index in [0.717, 1.165) is 11.1 Å². The van der Waals surface area contributed by atoms with Crippen LogP contribution in [0.4, 0.5) is 0 Å². The second-order valence-electron chi connectivity index (χ2n) is 6.15. The third kappa shape index (κ3) is 5.89. The molecule has 0 aliphatic carbocycles. The van der Waals surface area contributed by atoms with Crippen LogP contribution in [0.5, 0.6) is 11.5 Å². The standard InChI is InChI=1S/C22H17Cl3N2O3/c1-29-21-10-15(4-9-20(21)30-13-14-2-6-17(23)7-3-14)12-26-27-22(28)16-5-8-18(24)19(25)11-16/h2-12H,13H2,1H3,(H,27,28)/b26-12-. The molecule has 0 unspecified atom stereocenters. The van der Waals surface area contributed by atoms with Crippen LogP contribution >= 0.6 is 34.8 Å². The van der Waals surface area contributed by atoms with E-state index in [9.17, 15) is 4.79 Å². The first-order valence-electron chi connectivity index (χ1n) is 8.80. The minimum absolute atomic E-state index is 0.298. The fourth-order valence-corrected chi connectivity index (χ4v) is 2.92. The van der Waals surface area contributed by atoms with Gasteiger partial charge < -0.3 is 9.47 Å². The van der Waals surface area contributed by atoms with Crippen LogP contribution in [0.2, 0.25) is 15.1 Å². The Hall–Kier alpha value is -2.73. The first kappa shape index (κ1) is 22.0. The highest BCUT2D eigenvalue weighted by Gasteiger charge is 2.08. The summed E-state index contributed by atoms with van der Waals surface area (Å²) in [6, 6.07) is 17.3. The van der Waals surface area contributed by atoms with Gasteiger partial charge in [-0.05, 0) is 59.7 Å². The SMILES string of the molecule is COc1cc(/C=N\NC(=O)c2ccc(Cl)c(Cl)c2)ccc1OCc1ccc(Cl)cc1. The van der Waals surface area contributed by atoms with Crippen LogP contribution in [-0.2, 0) is 6.61 Å². The van der Waals surface area contributed by atoms with E-state index in [0.29, 0.717) is 38.7 Å². The van der Waals surface area contributed by atoms with Crippen LogP contribution in [0.1, 0.15) is 21.5 Å². The summed E-state index contributed by atoms with van der Waals surface area (Å²) >= 11 is 17.7. The second-order valence-corrected chi connectivity index (χ2v) is 7.40. The number of hydrazone groups is 1. The van der Waals surface area contributed by atoms with E-state index in [2.05, 4.69) is 10.5 Å². The molecule has 0 atom stereocenters. The normalized spacial score (nSPS) is 10.8. The molecule has 3 aromatic rings. The molecule has 1 amide bonds. The van der Waals surface area contributed by atoms with Gasteiger partial charge in [0.15, 0.2) is 11.5 Å². The molecule has 8 heteroatoms. The Kier molecular flexibility index (Phi) is 7.57. The maximum absolute atomic E-state index is 12.1. The number of carbonyl (C=O) groups excluding carboxylic acids is 1. The molecule has 1 N–H and O–H groups in total. The van der Waals surface area contributed by atoms with E-state index < -0.39 is 5.91 Å². The summed E-state index contributed by atoms with van der Waals surface area (Å²) in [6.45, 7) is 0.376. The van der Waals surface area contributed by atoms with Crippen molar-refractivity contribution in [1.82, 2.24) is 5.43 Å². The summed E-state index contributed by atoms with van der Waals surface area (Å²) in [5.74, 6) is 0.730. The zero-order valence-corrected chi connectivity index (χ0v) is 18.1. The average molecular weight is 464 g/mol. The Morgan fingerprint density at radius 3 is 2.43 bits per heavy atom. The quantitative estimate of drug-likeness (QED) is 0.345. The zero-order chi connectivity index (χ0) is 21.5. The van der Waals surface area contributed by atoms with Crippen molar-refractivity contribution >= 4 is 46.9 Å². The van der Waals surface area contributed by atoms with Crippen molar-refractivity contribution in [1.29, 1.82) is 0 Å². The molecule has 0 bridgehead atoms. The van der Waals surface area contributed by atoms with Gasteiger partial charge in [0.25, 0.3) is 5.91 Å². The molecule has 0 aliphatic heterocycles. The molecule has 0 saturated carbocycles. The number of nitrogens with zero attached hydrogens (tertiary/aromatic N) is 1. The van der Waals surface area contributed by atoms with Gasteiger partial charge in [-0.25, -0.2) is 5.43 Å². The second kappa shape index (κ2) is 10.3. The third-order valence-electron chi connectivity index (χ3n) is 4.06. The van der Waals surface area contributed by atoms with Gasteiger partial charge in [-0.15, -0.1) is 0 Å². The molecule has 3 aromatic carbocycles. The Morgan fingerprint density at radius 1 is 0.967 bits per heavy atom. The van der Waals surface area contributed by atoms with Crippen LogP contribution in [0.15, 0.2) is 65.8 Å². The fourth-order valence-electron chi connectivity index (χ4n) is 2.49. The molecular weight excluding hydrogens is 447 g/mol. The first-order valence-corrected chi connectivity index (χ1v) is 9.93. The molecule has 30 heavy (non-hydrogen) atoms. The largest absolute Gasteiger partial charge is 0.493 e.